The SMILES string of the molecule is CCn1c(Cc2ccccc2)nn(CN2CCN(c3ccccn3)CC2)c1=S. The van der Waals surface area contributed by atoms with Gasteiger partial charge in [0, 0.05) is 45.3 Å². The van der Waals surface area contributed by atoms with Crippen molar-refractivity contribution in [3.8, 4) is 0 Å². The van der Waals surface area contributed by atoms with Crippen molar-refractivity contribution in [1.29, 1.82) is 0 Å². The third-order valence-electron chi connectivity index (χ3n) is 5.20. The smallest absolute Gasteiger partial charge is 0.199 e. The first-order valence-corrected chi connectivity index (χ1v) is 10.2. The molecule has 0 atom stereocenters. The Morgan fingerprint density at radius 3 is 2.39 bits per heavy atom. The summed E-state index contributed by atoms with van der Waals surface area (Å²) < 4.78 is 4.93. The predicted molar refractivity (Wildman–Crippen MR) is 114 cm³/mol. The van der Waals surface area contributed by atoms with Gasteiger partial charge in [-0.2, -0.15) is 5.10 Å². The van der Waals surface area contributed by atoms with Gasteiger partial charge < -0.3 is 9.47 Å². The quantitative estimate of drug-likeness (QED) is 0.601. The highest BCUT2D eigenvalue weighted by atomic mass is 32.1. The normalized spacial score (nSPS) is 15.1. The highest BCUT2D eigenvalue weighted by Gasteiger charge is 2.19. The van der Waals surface area contributed by atoms with Crippen LogP contribution in [0.2, 0.25) is 0 Å². The van der Waals surface area contributed by atoms with Gasteiger partial charge in [0.05, 0.1) is 6.67 Å². The average molecular weight is 395 g/mol. The molecule has 1 aromatic carbocycles. The molecule has 3 heterocycles. The molecule has 146 valence electrons. The summed E-state index contributed by atoms with van der Waals surface area (Å²) in [5.74, 6) is 2.09. The van der Waals surface area contributed by atoms with E-state index in [1.54, 1.807) is 0 Å². The van der Waals surface area contributed by atoms with Crippen LogP contribution < -0.4 is 4.90 Å². The van der Waals surface area contributed by atoms with Gasteiger partial charge in [-0.05, 0) is 36.8 Å². The molecule has 1 saturated heterocycles. The van der Waals surface area contributed by atoms with Crippen molar-refractivity contribution in [2.75, 3.05) is 31.1 Å². The molecular weight excluding hydrogens is 368 g/mol. The van der Waals surface area contributed by atoms with E-state index in [2.05, 4.69) is 56.6 Å². The number of hydrogen-bond acceptors (Lipinski definition) is 5. The van der Waals surface area contributed by atoms with Crippen molar-refractivity contribution < 1.29 is 0 Å². The topological polar surface area (TPSA) is 42.1 Å². The van der Waals surface area contributed by atoms with Crippen LogP contribution in [-0.4, -0.2) is 50.4 Å². The lowest BCUT2D eigenvalue weighted by atomic mass is 10.1. The Morgan fingerprint density at radius 2 is 1.71 bits per heavy atom. The van der Waals surface area contributed by atoms with Gasteiger partial charge in [-0.1, -0.05) is 36.4 Å². The fourth-order valence-corrected chi connectivity index (χ4v) is 3.99. The number of rotatable bonds is 6. The number of pyridine rings is 1. The first kappa shape index (κ1) is 18.8. The van der Waals surface area contributed by atoms with Crippen molar-refractivity contribution in [2.45, 2.75) is 26.6 Å². The second-order valence-electron chi connectivity index (χ2n) is 7.04. The van der Waals surface area contributed by atoms with Crippen LogP contribution in [0.1, 0.15) is 18.3 Å². The summed E-state index contributed by atoms with van der Waals surface area (Å²) >= 11 is 5.71. The molecule has 1 aliphatic rings. The molecule has 4 rings (SSSR count). The Hall–Kier alpha value is -2.51. The Bertz CT molecular complexity index is 942. The molecule has 1 fully saturated rings. The average Bonchev–Trinajstić information content (AvgIpc) is 3.04. The number of nitrogens with zero attached hydrogens (tertiary/aromatic N) is 6. The maximum absolute atomic E-state index is 5.71. The summed E-state index contributed by atoms with van der Waals surface area (Å²) in [6.45, 7) is 7.60. The van der Waals surface area contributed by atoms with Crippen LogP contribution in [0.5, 0.6) is 0 Å². The Balaban J connectivity index is 1.43. The summed E-state index contributed by atoms with van der Waals surface area (Å²) in [5.41, 5.74) is 1.26. The summed E-state index contributed by atoms with van der Waals surface area (Å²) in [5, 5.41) is 4.85. The molecule has 0 spiro atoms. The molecule has 0 unspecified atom stereocenters. The molecule has 2 aromatic heterocycles. The molecular formula is C21H26N6S. The molecule has 0 bridgehead atoms. The fourth-order valence-electron chi connectivity index (χ4n) is 3.65. The van der Waals surface area contributed by atoms with Crippen LogP contribution >= 0.6 is 12.2 Å². The van der Waals surface area contributed by atoms with E-state index in [1.165, 1.54) is 5.56 Å². The summed E-state index contributed by atoms with van der Waals surface area (Å²) in [7, 11) is 0. The highest BCUT2D eigenvalue weighted by Crippen LogP contribution is 2.14. The first-order valence-electron chi connectivity index (χ1n) is 9.83. The summed E-state index contributed by atoms with van der Waals surface area (Å²) in [6.07, 6.45) is 2.66. The lowest BCUT2D eigenvalue weighted by molar-refractivity contribution is 0.193. The van der Waals surface area contributed by atoms with E-state index in [0.717, 1.165) is 62.2 Å². The van der Waals surface area contributed by atoms with E-state index in [4.69, 9.17) is 17.3 Å². The van der Waals surface area contributed by atoms with Gasteiger partial charge >= 0.3 is 0 Å². The largest absolute Gasteiger partial charge is 0.354 e. The minimum atomic E-state index is 0.740. The number of hydrogen-bond donors (Lipinski definition) is 0. The van der Waals surface area contributed by atoms with E-state index in [1.807, 2.05) is 29.1 Å². The molecule has 28 heavy (non-hydrogen) atoms. The van der Waals surface area contributed by atoms with Gasteiger partial charge in [0.15, 0.2) is 4.77 Å². The molecule has 1 aliphatic heterocycles. The van der Waals surface area contributed by atoms with E-state index < -0.39 is 0 Å². The zero-order valence-corrected chi connectivity index (χ0v) is 17.1. The Morgan fingerprint density at radius 1 is 0.964 bits per heavy atom. The van der Waals surface area contributed by atoms with Crippen LogP contribution in [0.25, 0.3) is 0 Å². The molecule has 3 aromatic rings. The third-order valence-corrected chi connectivity index (χ3v) is 5.63. The van der Waals surface area contributed by atoms with Crippen molar-refractivity contribution in [3.05, 3.63) is 70.9 Å². The van der Waals surface area contributed by atoms with E-state index in [-0.39, 0.29) is 0 Å². The van der Waals surface area contributed by atoms with Crippen molar-refractivity contribution >= 4 is 18.0 Å². The van der Waals surface area contributed by atoms with Gasteiger partial charge in [-0.25, -0.2) is 9.67 Å². The second kappa shape index (κ2) is 8.67. The molecule has 0 N–H and O–H groups in total. The minimum Gasteiger partial charge on any atom is -0.354 e. The summed E-state index contributed by atoms with van der Waals surface area (Å²) in [4.78, 5) is 9.21. The Labute approximate surface area is 171 Å². The molecule has 0 saturated carbocycles. The van der Waals surface area contributed by atoms with Crippen LogP contribution in [0, 0.1) is 4.77 Å². The van der Waals surface area contributed by atoms with Gasteiger partial charge in [-0.3, -0.25) is 4.90 Å². The molecule has 7 heteroatoms. The van der Waals surface area contributed by atoms with Crippen LogP contribution in [0.15, 0.2) is 54.7 Å². The van der Waals surface area contributed by atoms with Crippen LogP contribution in [0.4, 0.5) is 5.82 Å². The third kappa shape index (κ3) is 4.15. The monoisotopic (exact) mass is 394 g/mol. The van der Waals surface area contributed by atoms with Crippen molar-refractivity contribution in [3.63, 3.8) is 0 Å². The van der Waals surface area contributed by atoms with Gasteiger partial charge in [-0.15, -0.1) is 0 Å². The number of benzene rings is 1. The van der Waals surface area contributed by atoms with Crippen LogP contribution in [0.3, 0.4) is 0 Å². The van der Waals surface area contributed by atoms with Gasteiger partial charge in [0.25, 0.3) is 0 Å². The molecule has 0 aliphatic carbocycles. The zero-order chi connectivity index (χ0) is 19.3. The predicted octanol–water partition coefficient (Wildman–Crippen LogP) is 3.20. The van der Waals surface area contributed by atoms with E-state index in [9.17, 15) is 0 Å². The maximum atomic E-state index is 5.71. The number of anilines is 1. The molecule has 6 nitrogen and oxygen atoms in total. The standard InChI is InChI=1S/C21H26N6S/c1-2-26-20(16-18-8-4-3-5-9-18)23-27(21(26)28)17-24-12-14-25(15-13-24)19-10-6-7-11-22-19/h3-11H,2,12-17H2,1H3. The van der Waals surface area contributed by atoms with Crippen molar-refractivity contribution in [1.82, 2.24) is 24.2 Å². The van der Waals surface area contributed by atoms with Crippen LogP contribution in [-0.2, 0) is 19.6 Å². The minimum absolute atomic E-state index is 0.740. The van der Waals surface area contributed by atoms with E-state index >= 15 is 0 Å². The lowest BCUT2D eigenvalue weighted by Crippen LogP contribution is -2.47. The second-order valence-corrected chi connectivity index (χ2v) is 7.40. The summed E-state index contributed by atoms with van der Waals surface area (Å²) in [6, 6.07) is 16.5. The maximum Gasteiger partial charge on any atom is 0.199 e. The highest BCUT2D eigenvalue weighted by molar-refractivity contribution is 7.71. The van der Waals surface area contributed by atoms with E-state index in [0.29, 0.717) is 0 Å². The Kier molecular flexibility index (Phi) is 5.83. The fraction of sp³-hybridized carbons (Fsp3) is 0.381. The first-order chi connectivity index (χ1) is 13.7. The molecule has 0 amide bonds. The van der Waals surface area contributed by atoms with Gasteiger partial charge in [0.1, 0.15) is 11.6 Å². The zero-order valence-electron chi connectivity index (χ0n) is 16.2. The lowest BCUT2D eigenvalue weighted by Gasteiger charge is -2.35. The molecule has 0 radical (unpaired) electrons. The van der Waals surface area contributed by atoms with Gasteiger partial charge in [0.2, 0.25) is 0 Å². The number of piperazine rings is 1. The number of aromatic nitrogens is 4. The van der Waals surface area contributed by atoms with Crippen molar-refractivity contribution in [2.24, 2.45) is 0 Å².